The van der Waals surface area contributed by atoms with Crippen molar-refractivity contribution in [3.05, 3.63) is 48.2 Å². The molecular formula is C17H17N3O3. The van der Waals surface area contributed by atoms with E-state index < -0.39 is 6.04 Å². The van der Waals surface area contributed by atoms with Gasteiger partial charge in [0.2, 0.25) is 5.91 Å². The molecule has 6 nitrogen and oxygen atoms in total. The Morgan fingerprint density at radius 3 is 3.00 bits per heavy atom. The average Bonchev–Trinajstić information content (AvgIpc) is 3.33. The highest BCUT2D eigenvalue weighted by atomic mass is 16.3. The van der Waals surface area contributed by atoms with Gasteiger partial charge < -0.3 is 14.2 Å². The summed E-state index contributed by atoms with van der Waals surface area (Å²) in [7, 11) is 0. The van der Waals surface area contributed by atoms with E-state index in [1.54, 1.807) is 28.1 Å². The zero-order chi connectivity index (χ0) is 15.8. The van der Waals surface area contributed by atoms with Crippen LogP contribution in [0.1, 0.15) is 29.0 Å². The van der Waals surface area contributed by atoms with Gasteiger partial charge in [-0.3, -0.25) is 14.6 Å². The van der Waals surface area contributed by atoms with Crippen LogP contribution in [-0.4, -0.2) is 40.8 Å². The molecule has 0 bridgehead atoms. The molecule has 23 heavy (non-hydrogen) atoms. The third-order valence-corrected chi connectivity index (χ3v) is 4.57. The van der Waals surface area contributed by atoms with Crippen LogP contribution in [0.3, 0.4) is 0 Å². The van der Waals surface area contributed by atoms with E-state index in [0.29, 0.717) is 19.5 Å². The monoisotopic (exact) mass is 311 g/mol. The lowest BCUT2D eigenvalue weighted by atomic mass is 10.1. The molecule has 2 aromatic heterocycles. The maximum Gasteiger partial charge on any atom is 0.290 e. The number of anilines is 1. The third kappa shape index (κ3) is 2.30. The van der Waals surface area contributed by atoms with Gasteiger partial charge in [-0.05, 0) is 43.0 Å². The first-order valence-electron chi connectivity index (χ1n) is 7.84. The summed E-state index contributed by atoms with van der Waals surface area (Å²) in [6, 6.07) is 4.78. The molecule has 0 spiro atoms. The molecule has 1 unspecified atom stereocenters. The second-order valence-corrected chi connectivity index (χ2v) is 5.88. The van der Waals surface area contributed by atoms with Crippen LogP contribution in [-0.2, 0) is 11.2 Å². The molecule has 4 heterocycles. The highest BCUT2D eigenvalue weighted by Gasteiger charge is 2.39. The number of hydrogen-bond acceptors (Lipinski definition) is 4. The quantitative estimate of drug-likeness (QED) is 0.849. The second kappa shape index (κ2) is 5.53. The number of fused-ring (bicyclic) bond motifs is 1. The summed E-state index contributed by atoms with van der Waals surface area (Å²) >= 11 is 0. The summed E-state index contributed by atoms with van der Waals surface area (Å²) in [5.41, 5.74) is 2.00. The summed E-state index contributed by atoms with van der Waals surface area (Å²) in [6.07, 6.45) is 7.33. The van der Waals surface area contributed by atoms with Crippen molar-refractivity contribution < 1.29 is 14.0 Å². The molecule has 0 aliphatic carbocycles. The van der Waals surface area contributed by atoms with E-state index in [1.165, 1.54) is 6.26 Å². The van der Waals surface area contributed by atoms with Crippen molar-refractivity contribution in [1.82, 2.24) is 9.88 Å². The number of furan rings is 1. The minimum atomic E-state index is -0.410. The molecule has 2 aliphatic rings. The van der Waals surface area contributed by atoms with Gasteiger partial charge in [-0.15, -0.1) is 0 Å². The third-order valence-electron chi connectivity index (χ3n) is 4.57. The van der Waals surface area contributed by atoms with Crippen LogP contribution in [0.15, 0.2) is 41.3 Å². The highest BCUT2D eigenvalue weighted by molar-refractivity contribution is 6.02. The summed E-state index contributed by atoms with van der Waals surface area (Å²) < 4.78 is 5.19. The molecule has 0 saturated carbocycles. The maximum absolute atomic E-state index is 13.0. The zero-order valence-electron chi connectivity index (χ0n) is 12.6. The van der Waals surface area contributed by atoms with Gasteiger partial charge in [-0.1, -0.05) is 0 Å². The summed E-state index contributed by atoms with van der Waals surface area (Å²) in [4.78, 5) is 33.0. The first kappa shape index (κ1) is 14.0. The van der Waals surface area contributed by atoms with E-state index in [9.17, 15) is 9.59 Å². The Morgan fingerprint density at radius 1 is 1.26 bits per heavy atom. The smallest absolute Gasteiger partial charge is 0.290 e. The van der Waals surface area contributed by atoms with Gasteiger partial charge >= 0.3 is 0 Å². The standard InChI is InChI=1S/C17H17N3O3/c21-16(20-9-6-12-11-18-7-5-13(12)20)14-3-1-8-19(14)17(22)15-4-2-10-23-15/h2,4-5,7,10-11,14H,1,3,6,8-9H2. The van der Waals surface area contributed by atoms with Gasteiger partial charge in [-0.25, -0.2) is 0 Å². The van der Waals surface area contributed by atoms with Gasteiger partial charge in [0.1, 0.15) is 6.04 Å². The molecular weight excluding hydrogens is 294 g/mol. The number of carbonyl (C=O) groups excluding carboxylic acids is 2. The molecule has 1 saturated heterocycles. The van der Waals surface area contributed by atoms with E-state index in [4.69, 9.17) is 4.42 Å². The summed E-state index contributed by atoms with van der Waals surface area (Å²) in [5, 5.41) is 0. The van der Waals surface area contributed by atoms with Crippen LogP contribution < -0.4 is 4.90 Å². The van der Waals surface area contributed by atoms with Crippen LogP contribution in [0.2, 0.25) is 0 Å². The number of rotatable bonds is 2. The maximum atomic E-state index is 13.0. The Morgan fingerprint density at radius 2 is 2.17 bits per heavy atom. The molecule has 6 heteroatoms. The van der Waals surface area contributed by atoms with Crippen molar-refractivity contribution in [1.29, 1.82) is 0 Å². The lowest BCUT2D eigenvalue weighted by Gasteiger charge is -2.27. The fraction of sp³-hybridized carbons (Fsp3) is 0.353. The van der Waals surface area contributed by atoms with Crippen LogP contribution in [0, 0.1) is 0 Å². The SMILES string of the molecule is O=C(C1CCCN1C(=O)c1ccco1)N1CCc2cnccc21. The van der Waals surface area contributed by atoms with E-state index >= 15 is 0 Å². The molecule has 118 valence electrons. The van der Waals surface area contributed by atoms with Crippen molar-refractivity contribution in [3.63, 3.8) is 0 Å². The lowest BCUT2D eigenvalue weighted by molar-refractivity contribution is -0.122. The van der Waals surface area contributed by atoms with Gasteiger partial charge in [0.25, 0.3) is 5.91 Å². The molecule has 0 aromatic carbocycles. The fourth-order valence-corrected chi connectivity index (χ4v) is 3.45. The fourth-order valence-electron chi connectivity index (χ4n) is 3.45. The molecule has 1 fully saturated rings. The van der Waals surface area contributed by atoms with Crippen molar-refractivity contribution in [2.45, 2.75) is 25.3 Å². The number of likely N-dealkylation sites (tertiary alicyclic amines) is 1. The van der Waals surface area contributed by atoms with Crippen molar-refractivity contribution in [3.8, 4) is 0 Å². The van der Waals surface area contributed by atoms with Gasteiger partial charge in [0, 0.05) is 25.5 Å². The Hall–Kier alpha value is -2.63. The number of aromatic nitrogens is 1. The van der Waals surface area contributed by atoms with Gasteiger partial charge in [0.15, 0.2) is 5.76 Å². The molecule has 0 radical (unpaired) electrons. The number of pyridine rings is 1. The molecule has 0 N–H and O–H groups in total. The molecule has 2 amide bonds. The minimum absolute atomic E-state index is 0.00708. The average molecular weight is 311 g/mol. The number of amides is 2. The minimum Gasteiger partial charge on any atom is -0.459 e. The number of carbonyl (C=O) groups is 2. The summed E-state index contributed by atoms with van der Waals surface area (Å²) in [5.74, 6) is 0.0723. The van der Waals surface area contributed by atoms with Crippen LogP contribution >= 0.6 is 0 Å². The van der Waals surface area contributed by atoms with E-state index in [-0.39, 0.29) is 17.6 Å². The van der Waals surface area contributed by atoms with Crippen LogP contribution in [0.4, 0.5) is 5.69 Å². The second-order valence-electron chi connectivity index (χ2n) is 5.88. The van der Waals surface area contributed by atoms with Crippen molar-refractivity contribution in [2.24, 2.45) is 0 Å². The molecule has 2 aromatic rings. The Kier molecular flexibility index (Phi) is 3.37. The first-order chi connectivity index (χ1) is 11.3. The highest BCUT2D eigenvalue weighted by Crippen LogP contribution is 2.30. The molecule has 2 aliphatic heterocycles. The van der Waals surface area contributed by atoms with Gasteiger partial charge in [-0.2, -0.15) is 0 Å². The predicted octanol–water partition coefficient (Wildman–Crippen LogP) is 1.87. The van der Waals surface area contributed by atoms with Crippen molar-refractivity contribution >= 4 is 17.5 Å². The Bertz CT molecular complexity index is 741. The van der Waals surface area contributed by atoms with Crippen LogP contribution in [0.5, 0.6) is 0 Å². The molecule has 1 atom stereocenters. The summed E-state index contributed by atoms with van der Waals surface area (Å²) in [6.45, 7) is 1.24. The van der Waals surface area contributed by atoms with Crippen molar-refractivity contribution in [2.75, 3.05) is 18.0 Å². The van der Waals surface area contributed by atoms with E-state index in [0.717, 1.165) is 24.1 Å². The van der Waals surface area contributed by atoms with Gasteiger partial charge in [0.05, 0.1) is 12.0 Å². The topological polar surface area (TPSA) is 66.7 Å². The first-order valence-corrected chi connectivity index (χ1v) is 7.84. The largest absolute Gasteiger partial charge is 0.459 e. The Labute approximate surface area is 133 Å². The molecule has 4 rings (SSSR count). The number of nitrogens with zero attached hydrogens (tertiary/aromatic N) is 3. The van der Waals surface area contributed by atoms with E-state index in [1.807, 2.05) is 12.3 Å². The normalized spacial score (nSPS) is 19.9. The zero-order valence-corrected chi connectivity index (χ0v) is 12.6. The predicted molar refractivity (Wildman–Crippen MR) is 83.1 cm³/mol. The van der Waals surface area contributed by atoms with Crippen LogP contribution in [0.25, 0.3) is 0 Å². The lowest BCUT2D eigenvalue weighted by Crippen LogP contribution is -2.47. The van der Waals surface area contributed by atoms with E-state index in [2.05, 4.69) is 4.98 Å². The number of hydrogen-bond donors (Lipinski definition) is 0. The Balaban J connectivity index is 1.58.